The van der Waals surface area contributed by atoms with E-state index in [0.29, 0.717) is 19.6 Å². The number of H-pyrrole nitrogens is 1. The topological polar surface area (TPSA) is 109 Å². The minimum Gasteiger partial charge on any atom is -0.378 e. The summed E-state index contributed by atoms with van der Waals surface area (Å²) in [6, 6.07) is 6.09. The molecule has 1 N–H and O–H groups in total. The summed E-state index contributed by atoms with van der Waals surface area (Å²) in [6.45, 7) is 3.09. The zero-order valence-electron chi connectivity index (χ0n) is 16.3. The third-order valence-electron chi connectivity index (χ3n) is 5.34. The van der Waals surface area contributed by atoms with Gasteiger partial charge in [-0.15, -0.1) is 0 Å². The van der Waals surface area contributed by atoms with Gasteiger partial charge in [-0.2, -0.15) is 10.4 Å². The van der Waals surface area contributed by atoms with Gasteiger partial charge < -0.3 is 14.6 Å². The molecule has 1 unspecified atom stereocenters. The molecule has 1 aliphatic heterocycles. The highest BCUT2D eigenvalue weighted by Gasteiger charge is 2.19. The molecule has 0 spiro atoms. The summed E-state index contributed by atoms with van der Waals surface area (Å²) in [6.07, 6.45) is 11.0. The van der Waals surface area contributed by atoms with Gasteiger partial charge in [0, 0.05) is 42.6 Å². The highest BCUT2D eigenvalue weighted by Crippen LogP contribution is 2.29. The van der Waals surface area contributed by atoms with Gasteiger partial charge in [-0.1, -0.05) is 0 Å². The van der Waals surface area contributed by atoms with E-state index in [-0.39, 0.29) is 6.04 Å². The normalized spacial score (nSPS) is 15.2. The number of hydrogen-bond donors (Lipinski definition) is 1. The van der Waals surface area contributed by atoms with Crippen molar-refractivity contribution in [2.24, 2.45) is 0 Å². The Morgan fingerprint density at radius 1 is 1.20 bits per heavy atom. The van der Waals surface area contributed by atoms with Crippen molar-refractivity contribution in [1.29, 1.82) is 5.26 Å². The lowest BCUT2D eigenvalue weighted by Crippen LogP contribution is -2.36. The van der Waals surface area contributed by atoms with Crippen LogP contribution in [-0.2, 0) is 4.74 Å². The smallest absolute Gasteiger partial charge is 0.141 e. The average Bonchev–Trinajstić information content (AvgIpc) is 3.48. The first-order chi connectivity index (χ1) is 14.8. The van der Waals surface area contributed by atoms with Gasteiger partial charge in [0.15, 0.2) is 0 Å². The molecular formula is C21H20N8O. The number of hydrogen-bond acceptors (Lipinski definition) is 7. The van der Waals surface area contributed by atoms with Crippen LogP contribution in [0.15, 0.2) is 49.4 Å². The lowest BCUT2D eigenvalue weighted by molar-refractivity contribution is 0.122. The largest absolute Gasteiger partial charge is 0.378 e. The second-order valence-corrected chi connectivity index (χ2v) is 7.13. The molecule has 1 aliphatic rings. The zero-order chi connectivity index (χ0) is 20.3. The number of rotatable bonds is 5. The highest BCUT2D eigenvalue weighted by atomic mass is 16.5. The summed E-state index contributed by atoms with van der Waals surface area (Å²) in [5.74, 6) is 0. The van der Waals surface area contributed by atoms with Crippen LogP contribution in [0.4, 0.5) is 5.69 Å². The monoisotopic (exact) mass is 400 g/mol. The maximum absolute atomic E-state index is 9.45. The molecule has 5 rings (SSSR count). The van der Waals surface area contributed by atoms with Crippen molar-refractivity contribution in [3.8, 4) is 17.3 Å². The minimum atomic E-state index is -0.235. The van der Waals surface area contributed by atoms with E-state index in [9.17, 15) is 5.26 Å². The fourth-order valence-electron chi connectivity index (χ4n) is 3.81. The van der Waals surface area contributed by atoms with Crippen LogP contribution in [0.1, 0.15) is 18.0 Å². The molecule has 1 atom stereocenters. The van der Waals surface area contributed by atoms with Crippen LogP contribution < -0.4 is 4.90 Å². The van der Waals surface area contributed by atoms with E-state index in [1.807, 2.05) is 35.5 Å². The van der Waals surface area contributed by atoms with Crippen molar-refractivity contribution in [3.05, 3.63) is 55.0 Å². The maximum Gasteiger partial charge on any atom is 0.141 e. The van der Waals surface area contributed by atoms with E-state index in [1.54, 1.807) is 6.20 Å². The van der Waals surface area contributed by atoms with E-state index < -0.39 is 0 Å². The van der Waals surface area contributed by atoms with Crippen LogP contribution in [0, 0.1) is 11.3 Å². The molecule has 0 saturated carbocycles. The number of nitrogens with zero attached hydrogens (tertiary/aromatic N) is 7. The third-order valence-corrected chi connectivity index (χ3v) is 5.34. The zero-order valence-corrected chi connectivity index (χ0v) is 16.3. The Hall–Kier alpha value is -3.77. The van der Waals surface area contributed by atoms with Gasteiger partial charge in [-0.25, -0.2) is 9.97 Å². The van der Waals surface area contributed by atoms with Crippen LogP contribution in [0.3, 0.4) is 0 Å². The summed E-state index contributed by atoms with van der Waals surface area (Å²) in [5, 5.41) is 14.9. The number of anilines is 1. The Bertz CT molecular complexity index is 1200. The lowest BCUT2D eigenvalue weighted by atomic mass is 10.1. The van der Waals surface area contributed by atoms with Crippen molar-refractivity contribution in [2.75, 3.05) is 31.2 Å². The summed E-state index contributed by atoms with van der Waals surface area (Å²) in [7, 11) is 0. The fourth-order valence-corrected chi connectivity index (χ4v) is 3.81. The SMILES string of the molecule is N#CCC(c1cncc(N2CCOCC2)c1)n1cc(-c2ncnc3[nH]ccc23)cn1. The Morgan fingerprint density at radius 2 is 2.10 bits per heavy atom. The molecule has 150 valence electrons. The maximum atomic E-state index is 9.45. The first kappa shape index (κ1) is 18.3. The molecule has 0 amide bonds. The number of pyridine rings is 1. The van der Waals surface area contributed by atoms with E-state index in [2.05, 4.69) is 42.1 Å². The Labute approximate surface area is 173 Å². The summed E-state index contributed by atoms with van der Waals surface area (Å²) >= 11 is 0. The number of nitrogens with one attached hydrogen (secondary N) is 1. The van der Waals surface area contributed by atoms with E-state index in [0.717, 1.165) is 46.6 Å². The second kappa shape index (κ2) is 7.93. The van der Waals surface area contributed by atoms with Crippen molar-refractivity contribution in [3.63, 3.8) is 0 Å². The summed E-state index contributed by atoms with van der Waals surface area (Å²) < 4.78 is 7.26. The Morgan fingerprint density at radius 3 is 2.97 bits per heavy atom. The molecular weight excluding hydrogens is 380 g/mol. The highest BCUT2D eigenvalue weighted by molar-refractivity contribution is 5.89. The van der Waals surface area contributed by atoms with Gasteiger partial charge in [0.05, 0.1) is 55.5 Å². The average molecular weight is 400 g/mol. The predicted octanol–water partition coefficient (Wildman–Crippen LogP) is 2.56. The minimum absolute atomic E-state index is 0.235. The molecule has 9 heteroatoms. The third kappa shape index (κ3) is 3.38. The van der Waals surface area contributed by atoms with Crippen LogP contribution in [-0.4, -0.2) is 56.0 Å². The van der Waals surface area contributed by atoms with Crippen LogP contribution in [0.2, 0.25) is 0 Å². The number of fused-ring (bicyclic) bond motifs is 1. The Kier molecular flexibility index (Phi) is 4.83. The first-order valence-electron chi connectivity index (χ1n) is 9.80. The molecule has 9 nitrogen and oxygen atoms in total. The van der Waals surface area contributed by atoms with E-state index in [4.69, 9.17) is 4.74 Å². The number of aromatic nitrogens is 6. The van der Waals surface area contributed by atoms with E-state index >= 15 is 0 Å². The summed E-state index contributed by atoms with van der Waals surface area (Å²) in [4.78, 5) is 18.5. The molecule has 4 aromatic rings. The fraction of sp³-hybridized carbons (Fsp3) is 0.286. The Balaban J connectivity index is 1.49. The molecule has 4 aromatic heterocycles. The molecule has 0 bridgehead atoms. The van der Waals surface area contributed by atoms with Gasteiger partial charge in [0.2, 0.25) is 0 Å². The standard InChI is InChI=1S/C21H20N8O/c22-3-1-19(15-9-17(12-23-10-15)28-5-7-30-8-6-28)29-13-16(11-27-29)20-18-2-4-24-21(18)26-14-25-20/h2,4,9-14,19H,1,5-8H2,(H,24,25,26). The van der Waals surface area contributed by atoms with Gasteiger partial charge in [-0.3, -0.25) is 9.67 Å². The molecule has 0 aliphatic carbocycles. The van der Waals surface area contributed by atoms with Gasteiger partial charge in [0.25, 0.3) is 0 Å². The van der Waals surface area contributed by atoms with Gasteiger partial charge in [0.1, 0.15) is 12.0 Å². The van der Waals surface area contributed by atoms with Crippen LogP contribution >= 0.6 is 0 Å². The first-order valence-corrected chi connectivity index (χ1v) is 9.80. The number of nitriles is 1. The quantitative estimate of drug-likeness (QED) is 0.548. The molecule has 0 aromatic carbocycles. The van der Waals surface area contributed by atoms with Crippen molar-refractivity contribution in [2.45, 2.75) is 12.5 Å². The van der Waals surface area contributed by atoms with Crippen LogP contribution in [0.5, 0.6) is 0 Å². The summed E-state index contributed by atoms with van der Waals surface area (Å²) in [5.41, 5.74) is 4.45. The molecule has 0 radical (unpaired) electrons. The van der Waals surface area contributed by atoms with E-state index in [1.165, 1.54) is 6.33 Å². The van der Waals surface area contributed by atoms with Gasteiger partial charge >= 0.3 is 0 Å². The number of aromatic amines is 1. The second-order valence-electron chi connectivity index (χ2n) is 7.13. The molecule has 5 heterocycles. The van der Waals surface area contributed by atoms with Gasteiger partial charge in [-0.05, 0) is 17.7 Å². The lowest BCUT2D eigenvalue weighted by Gasteiger charge is -2.29. The number of ether oxygens (including phenoxy) is 1. The predicted molar refractivity (Wildman–Crippen MR) is 111 cm³/mol. The molecule has 1 fully saturated rings. The van der Waals surface area contributed by atoms with Crippen molar-refractivity contribution in [1.82, 2.24) is 29.7 Å². The molecule has 1 saturated heterocycles. The number of morpholine rings is 1. The van der Waals surface area contributed by atoms with Crippen molar-refractivity contribution >= 4 is 16.7 Å². The van der Waals surface area contributed by atoms with Crippen LogP contribution in [0.25, 0.3) is 22.3 Å². The van der Waals surface area contributed by atoms with Crippen molar-refractivity contribution < 1.29 is 4.74 Å². The molecule has 30 heavy (non-hydrogen) atoms.